The summed E-state index contributed by atoms with van der Waals surface area (Å²) in [7, 11) is 0. The third-order valence-electron chi connectivity index (χ3n) is 3.63. The topological polar surface area (TPSA) is 92.1 Å². The number of carbonyl (C=O) groups is 2. The van der Waals surface area contributed by atoms with Crippen LogP contribution in [0.25, 0.3) is 6.08 Å². The Bertz CT molecular complexity index is 909. The molecular formula is C18H17N3O4S2. The van der Waals surface area contributed by atoms with Crippen LogP contribution in [0.3, 0.4) is 0 Å². The van der Waals surface area contributed by atoms with Gasteiger partial charge in [-0.1, -0.05) is 12.1 Å². The Balaban J connectivity index is 1.84. The molecule has 0 aliphatic carbocycles. The lowest BCUT2D eigenvalue weighted by atomic mass is 10.2. The molecule has 1 amide bonds. The zero-order chi connectivity index (χ0) is 19.4. The van der Waals surface area contributed by atoms with Gasteiger partial charge in [-0.05, 0) is 49.4 Å². The molecule has 2 heterocycles. The molecule has 2 aromatic rings. The number of hydrogen-bond acceptors (Lipinski definition) is 7. The SMILES string of the molecule is CCN1C(=O)/C(=C\c2cccc(OC(C)C(=O)O)c2)S/C1=N/c1nccs1. The number of benzene rings is 1. The van der Waals surface area contributed by atoms with Crippen molar-refractivity contribution >= 4 is 51.4 Å². The molecule has 1 unspecified atom stereocenters. The number of thioether (sulfide) groups is 1. The first-order valence-electron chi connectivity index (χ1n) is 8.17. The molecule has 0 bridgehead atoms. The summed E-state index contributed by atoms with van der Waals surface area (Å²) in [4.78, 5) is 34.3. The summed E-state index contributed by atoms with van der Waals surface area (Å²) >= 11 is 2.69. The van der Waals surface area contributed by atoms with Crippen LogP contribution in [-0.2, 0) is 9.59 Å². The van der Waals surface area contributed by atoms with Crippen LogP contribution in [0.2, 0.25) is 0 Å². The third-order valence-corrected chi connectivity index (χ3v) is 5.30. The van der Waals surface area contributed by atoms with Crippen LogP contribution >= 0.6 is 23.1 Å². The number of amides is 1. The molecule has 9 heteroatoms. The molecule has 1 fully saturated rings. The second-order valence-corrected chi connectivity index (χ2v) is 7.42. The largest absolute Gasteiger partial charge is 0.479 e. The fourth-order valence-electron chi connectivity index (χ4n) is 2.31. The number of carboxylic acid groups (broad SMARTS) is 1. The number of rotatable bonds is 6. The van der Waals surface area contributed by atoms with E-state index in [9.17, 15) is 9.59 Å². The number of likely N-dealkylation sites (N-methyl/N-ethyl adjacent to an activating group) is 1. The number of aliphatic carboxylic acids is 1. The van der Waals surface area contributed by atoms with Gasteiger partial charge < -0.3 is 9.84 Å². The predicted octanol–water partition coefficient (Wildman–Crippen LogP) is 3.62. The van der Waals surface area contributed by atoms with E-state index in [4.69, 9.17) is 9.84 Å². The molecule has 0 spiro atoms. The molecule has 1 aromatic heterocycles. The monoisotopic (exact) mass is 403 g/mol. The molecule has 0 saturated carbocycles. The standard InChI is InChI=1S/C18H17N3O4S2/c1-3-21-15(22)14(27-18(21)20-17-19-7-8-26-17)10-12-5-4-6-13(9-12)25-11(2)16(23)24/h4-11H,3H2,1-2H3,(H,23,24)/b14-10+,20-18+. The Labute approximate surface area is 164 Å². The fourth-order valence-corrected chi connectivity index (χ4v) is 3.91. The van der Waals surface area contributed by atoms with Gasteiger partial charge in [0.1, 0.15) is 5.75 Å². The van der Waals surface area contributed by atoms with E-state index in [1.54, 1.807) is 35.4 Å². The average molecular weight is 403 g/mol. The molecule has 0 radical (unpaired) electrons. The molecule has 1 atom stereocenters. The lowest BCUT2D eigenvalue weighted by molar-refractivity contribution is -0.144. The number of hydrogen-bond donors (Lipinski definition) is 1. The van der Waals surface area contributed by atoms with E-state index in [1.165, 1.54) is 30.0 Å². The van der Waals surface area contributed by atoms with Gasteiger partial charge in [-0.15, -0.1) is 11.3 Å². The molecule has 1 saturated heterocycles. The van der Waals surface area contributed by atoms with E-state index >= 15 is 0 Å². The van der Waals surface area contributed by atoms with Gasteiger partial charge in [0, 0.05) is 18.1 Å². The maximum absolute atomic E-state index is 12.7. The maximum atomic E-state index is 12.7. The van der Waals surface area contributed by atoms with Crippen LogP contribution in [0.5, 0.6) is 5.75 Å². The second kappa shape index (κ2) is 8.36. The van der Waals surface area contributed by atoms with Gasteiger partial charge in [0.15, 0.2) is 11.3 Å². The molecular weight excluding hydrogens is 386 g/mol. The summed E-state index contributed by atoms with van der Waals surface area (Å²) in [5, 5.41) is 12.0. The quantitative estimate of drug-likeness (QED) is 0.741. The number of aliphatic imine (C=N–C) groups is 1. The van der Waals surface area contributed by atoms with Gasteiger partial charge in [0.2, 0.25) is 5.13 Å². The normalized spacial score (nSPS) is 18.3. The summed E-state index contributed by atoms with van der Waals surface area (Å²) in [6.45, 7) is 3.86. The van der Waals surface area contributed by atoms with E-state index in [2.05, 4.69) is 9.98 Å². The van der Waals surface area contributed by atoms with E-state index < -0.39 is 12.1 Å². The minimum absolute atomic E-state index is 0.122. The first-order valence-corrected chi connectivity index (χ1v) is 9.86. The van der Waals surface area contributed by atoms with Crippen molar-refractivity contribution in [1.82, 2.24) is 9.88 Å². The van der Waals surface area contributed by atoms with Gasteiger partial charge in [-0.3, -0.25) is 9.69 Å². The number of ether oxygens (including phenoxy) is 1. The molecule has 1 aliphatic heterocycles. The van der Waals surface area contributed by atoms with Gasteiger partial charge in [-0.2, -0.15) is 4.99 Å². The first-order chi connectivity index (χ1) is 13.0. The number of aromatic nitrogens is 1. The number of amidine groups is 1. The minimum atomic E-state index is -1.04. The van der Waals surface area contributed by atoms with Crippen molar-refractivity contribution in [2.75, 3.05) is 6.54 Å². The van der Waals surface area contributed by atoms with Crippen molar-refractivity contribution in [2.24, 2.45) is 4.99 Å². The maximum Gasteiger partial charge on any atom is 0.344 e. The number of thiazole rings is 1. The van der Waals surface area contributed by atoms with Crippen LogP contribution in [0.4, 0.5) is 5.13 Å². The van der Waals surface area contributed by atoms with Gasteiger partial charge >= 0.3 is 5.97 Å². The highest BCUT2D eigenvalue weighted by molar-refractivity contribution is 8.18. The second-order valence-electron chi connectivity index (χ2n) is 5.54. The zero-order valence-electron chi connectivity index (χ0n) is 14.7. The number of carboxylic acids is 1. The van der Waals surface area contributed by atoms with Crippen LogP contribution in [0.15, 0.2) is 45.7 Å². The summed E-state index contributed by atoms with van der Waals surface area (Å²) in [6.07, 6.45) is 2.46. The lowest BCUT2D eigenvalue weighted by Crippen LogP contribution is -2.28. The van der Waals surface area contributed by atoms with Crippen molar-refractivity contribution in [2.45, 2.75) is 20.0 Å². The summed E-state index contributed by atoms with van der Waals surface area (Å²) in [5.41, 5.74) is 0.743. The summed E-state index contributed by atoms with van der Waals surface area (Å²) in [5.74, 6) is -0.733. The van der Waals surface area contributed by atoms with Crippen LogP contribution in [-0.4, -0.2) is 44.7 Å². The van der Waals surface area contributed by atoms with E-state index in [0.717, 1.165) is 5.56 Å². The van der Waals surface area contributed by atoms with E-state index in [-0.39, 0.29) is 5.91 Å². The minimum Gasteiger partial charge on any atom is -0.479 e. The molecule has 1 aliphatic rings. The van der Waals surface area contributed by atoms with Crippen molar-refractivity contribution in [3.63, 3.8) is 0 Å². The molecule has 27 heavy (non-hydrogen) atoms. The fraction of sp³-hybridized carbons (Fsp3) is 0.222. The van der Waals surface area contributed by atoms with Crippen molar-refractivity contribution in [1.29, 1.82) is 0 Å². The highest BCUT2D eigenvalue weighted by atomic mass is 32.2. The Morgan fingerprint density at radius 3 is 2.96 bits per heavy atom. The highest BCUT2D eigenvalue weighted by Crippen LogP contribution is 2.34. The zero-order valence-corrected chi connectivity index (χ0v) is 16.3. The van der Waals surface area contributed by atoms with Gasteiger partial charge in [-0.25, -0.2) is 9.78 Å². The smallest absolute Gasteiger partial charge is 0.344 e. The van der Waals surface area contributed by atoms with Gasteiger partial charge in [0.25, 0.3) is 5.91 Å². The number of carbonyl (C=O) groups excluding carboxylic acids is 1. The van der Waals surface area contributed by atoms with Crippen LogP contribution in [0, 0.1) is 0 Å². The third kappa shape index (κ3) is 4.55. The van der Waals surface area contributed by atoms with Crippen LogP contribution in [0.1, 0.15) is 19.4 Å². The van der Waals surface area contributed by atoms with Gasteiger partial charge in [0.05, 0.1) is 4.91 Å². The molecule has 7 nitrogen and oxygen atoms in total. The summed E-state index contributed by atoms with van der Waals surface area (Å²) in [6, 6.07) is 6.96. The molecule has 140 valence electrons. The van der Waals surface area contributed by atoms with E-state index in [0.29, 0.717) is 27.5 Å². The Morgan fingerprint density at radius 2 is 2.30 bits per heavy atom. The van der Waals surface area contributed by atoms with E-state index in [1.807, 2.05) is 18.4 Å². The first kappa shape index (κ1) is 19.1. The van der Waals surface area contributed by atoms with Crippen molar-refractivity contribution in [3.05, 3.63) is 46.3 Å². The molecule has 1 N–H and O–H groups in total. The number of nitrogens with zero attached hydrogens (tertiary/aromatic N) is 3. The summed E-state index contributed by atoms with van der Waals surface area (Å²) < 4.78 is 5.38. The lowest BCUT2D eigenvalue weighted by Gasteiger charge is -2.11. The average Bonchev–Trinajstić information content (AvgIpc) is 3.24. The molecule has 1 aromatic carbocycles. The Kier molecular flexibility index (Phi) is 5.92. The highest BCUT2D eigenvalue weighted by Gasteiger charge is 2.32. The van der Waals surface area contributed by atoms with Crippen molar-refractivity contribution in [3.8, 4) is 5.75 Å². The predicted molar refractivity (Wildman–Crippen MR) is 106 cm³/mol. The van der Waals surface area contributed by atoms with Crippen molar-refractivity contribution < 1.29 is 19.4 Å². The molecule has 3 rings (SSSR count). The van der Waals surface area contributed by atoms with Crippen LogP contribution < -0.4 is 4.74 Å². The Morgan fingerprint density at radius 1 is 1.48 bits per heavy atom. The Hall–Kier alpha value is -2.65.